The van der Waals surface area contributed by atoms with E-state index in [4.69, 9.17) is 4.42 Å². The van der Waals surface area contributed by atoms with Crippen molar-refractivity contribution in [3.63, 3.8) is 0 Å². The number of rotatable bonds is 3. The predicted octanol–water partition coefficient (Wildman–Crippen LogP) is 3.01. The smallest absolute Gasteiger partial charge is 0.239 e. The molecule has 1 amide bonds. The first kappa shape index (κ1) is 16.4. The number of amides is 1. The van der Waals surface area contributed by atoms with Crippen LogP contribution in [0.3, 0.4) is 0 Å². The van der Waals surface area contributed by atoms with Crippen molar-refractivity contribution in [2.24, 2.45) is 0 Å². The van der Waals surface area contributed by atoms with Gasteiger partial charge in [0.05, 0.1) is 24.2 Å². The van der Waals surface area contributed by atoms with E-state index in [1.165, 1.54) is 0 Å². The first-order valence-corrected chi connectivity index (χ1v) is 8.82. The van der Waals surface area contributed by atoms with Gasteiger partial charge in [-0.3, -0.25) is 9.59 Å². The quantitative estimate of drug-likeness (QED) is 0.889. The van der Waals surface area contributed by atoms with Crippen LogP contribution in [0.25, 0.3) is 0 Å². The fourth-order valence-corrected chi connectivity index (χ4v) is 3.75. The number of ketones is 1. The van der Waals surface area contributed by atoms with Gasteiger partial charge >= 0.3 is 0 Å². The van der Waals surface area contributed by atoms with Gasteiger partial charge in [0.15, 0.2) is 5.78 Å². The summed E-state index contributed by atoms with van der Waals surface area (Å²) in [5.74, 6) is 0.647. The van der Waals surface area contributed by atoms with Gasteiger partial charge in [-0.25, -0.2) is 0 Å². The third kappa shape index (κ3) is 2.77. The van der Waals surface area contributed by atoms with Crippen LogP contribution in [0, 0.1) is 0 Å². The number of Topliss-reactive ketones (excluding diaryl/α,β-unsaturated/α-hetero) is 1. The Morgan fingerprint density at radius 3 is 2.88 bits per heavy atom. The Hall–Kier alpha value is -3.02. The van der Waals surface area contributed by atoms with E-state index in [1.54, 1.807) is 13.3 Å². The van der Waals surface area contributed by atoms with Crippen LogP contribution < -0.4 is 15.5 Å². The van der Waals surface area contributed by atoms with Gasteiger partial charge in [-0.15, -0.1) is 0 Å². The van der Waals surface area contributed by atoms with Gasteiger partial charge < -0.3 is 20.0 Å². The second kappa shape index (κ2) is 6.71. The molecule has 4 rings (SSSR count). The molecule has 0 fully saturated rings. The molecule has 2 aromatic rings. The van der Waals surface area contributed by atoms with Crippen molar-refractivity contribution < 1.29 is 14.0 Å². The first-order chi connectivity index (χ1) is 12.7. The van der Waals surface area contributed by atoms with Crippen molar-refractivity contribution in [1.29, 1.82) is 0 Å². The molecular formula is C20H21N3O3. The Kier molecular flexibility index (Phi) is 4.24. The molecule has 6 nitrogen and oxygen atoms in total. The van der Waals surface area contributed by atoms with E-state index < -0.39 is 6.04 Å². The molecule has 1 aliphatic heterocycles. The SMILES string of the molecule is CNC(=O)CN1c2ccccc2NC2=C(C(=O)CCC2)[C@H]1c1ccco1. The number of carbonyl (C=O) groups is 2. The lowest BCUT2D eigenvalue weighted by Gasteiger charge is -2.33. The maximum absolute atomic E-state index is 12.9. The fourth-order valence-electron chi connectivity index (χ4n) is 3.75. The Morgan fingerprint density at radius 1 is 1.27 bits per heavy atom. The molecule has 1 aromatic carbocycles. The molecule has 2 aliphatic rings. The summed E-state index contributed by atoms with van der Waals surface area (Å²) in [5.41, 5.74) is 3.40. The number of para-hydroxylation sites is 2. The molecule has 0 saturated heterocycles. The van der Waals surface area contributed by atoms with Crippen molar-refractivity contribution in [2.45, 2.75) is 25.3 Å². The van der Waals surface area contributed by atoms with Crippen LogP contribution in [0.1, 0.15) is 31.1 Å². The van der Waals surface area contributed by atoms with E-state index in [1.807, 2.05) is 41.3 Å². The molecule has 1 aromatic heterocycles. The molecule has 0 unspecified atom stereocenters. The Morgan fingerprint density at radius 2 is 2.12 bits per heavy atom. The number of hydrogen-bond acceptors (Lipinski definition) is 5. The zero-order valence-corrected chi connectivity index (χ0v) is 14.6. The third-order valence-corrected chi connectivity index (χ3v) is 4.95. The summed E-state index contributed by atoms with van der Waals surface area (Å²) in [7, 11) is 1.61. The second-order valence-corrected chi connectivity index (χ2v) is 6.53. The van der Waals surface area contributed by atoms with Crippen molar-refractivity contribution in [3.8, 4) is 0 Å². The molecule has 134 valence electrons. The summed E-state index contributed by atoms with van der Waals surface area (Å²) in [5, 5.41) is 6.13. The van der Waals surface area contributed by atoms with Crippen LogP contribution in [-0.2, 0) is 9.59 Å². The molecule has 26 heavy (non-hydrogen) atoms. The summed E-state index contributed by atoms with van der Waals surface area (Å²) in [6.45, 7) is 0.130. The van der Waals surface area contributed by atoms with Gasteiger partial charge in [0.1, 0.15) is 11.8 Å². The van der Waals surface area contributed by atoms with Gasteiger partial charge in [-0.2, -0.15) is 0 Å². The topological polar surface area (TPSA) is 74.6 Å². The number of hydrogen-bond donors (Lipinski definition) is 2. The number of anilines is 2. The van der Waals surface area contributed by atoms with Crippen molar-refractivity contribution >= 4 is 23.1 Å². The molecule has 0 radical (unpaired) electrons. The molecular weight excluding hydrogens is 330 g/mol. The van der Waals surface area contributed by atoms with Gasteiger partial charge in [0.2, 0.25) is 5.91 Å². The van der Waals surface area contributed by atoms with Crippen LogP contribution in [0.2, 0.25) is 0 Å². The number of benzene rings is 1. The highest BCUT2D eigenvalue weighted by Crippen LogP contribution is 2.44. The number of carbonyl (C=O) groups excluding carboxylic acids is 2. The number of fused-ring (bicyclic) bond motifs is 1. The van der Waals surface area contributed by atoms with E-state index >= 15 is 0 Å². The van der Waals surface area contributed by atoms with Gasteiger partial charge in [-0.1, -0.05) is 12.1 Å². The highest BCUT2D eigenvalue weighted by molar-refractivity contribution is 6.01. The summed E-state index contributed by atoms with van der Waals surface area (Å²) >= 11 is 0. The minimum atomic E-state index is -0.429. The van der Waals surface area contributed by atoms with Crippen LogP contribution >= 0.6 is 0 Å². The number of nitrogens with one attached hydrogen (secondary N) is 2. The fraction of sp³-hybridized carbons (Fsp3) is 0.300. The highest BCUT2D eigenvalue weighted by Gasteiger charge is 2.38. The third-order valence-electron chi connectivity index (χ3n) is 4.95. The van der Waals surface area contributed by atoms with E-state index in [0.717, 1.165) is 29.9 Å². The molecule has 2 heterocycles. The van der Waals surface area contributed by atoms with Crippen LogP contribution in [0.5, 0.6) is 0 Å². The number of nitrogens with zero attached hydrogens (tertiary/aromatic N) is 1. The van der Waals surface area contributed by atoms with Gasteiger partial charge in [0, 0.05) is 24.7 Å². The van der Waals surface area contributed by atoms with Crippen molar-refractivity contribution in [1.82, 2.24) is 5.32 Å². The molecule has 2 N–H and O–H groups in total. The number of allylic oxidation sites excluding steroid dienone is 1. The van der Waals surface area contributed by atoms with Gasteiger partial charge in [-0.05, 0) is 37.1 Å². The van der Waals surface area contributed by atoms with Crippen molar-refractivity contribution in [3.05, 3.63) is 59.7 Å². The van der Waals surface area contributed by atoms with Crippen LogP contribution in [-0.4, -0.2) is 25.3 Å². The second-order valence-electron chi connectivity index (χ2n) is 6.53. The molecule has 0 spiro atoms. The Bertz CT molecular complexity index is 870. The normalized spacial score (nSPS) is 19.3. The maximum atomic E-state index is 12.9. The summed E-state index contributed by atoms with van der Waals surface area (Å²) in [6.07, 6.45) is 3.75. The molecule has 1 atom stereocenters. The predicted molar refractivity (Wildman–Crippen MR) is 98.8 cm³/mol. The minimum Gasteiger partial charge on any atom is -0.467 e. The lowest BCUT2D eigenvalue weighted by atomic mass is 9.88. The summed E-state index contributed by atoms with van der Waals surface area (Å²) in [4.78, 5) is 27.1. The lowest BCUT2D eigenvalue weighted by molar-refractivity contribution is -0.120. The van der Waals surface area contributed by atoms with E-state index in [2.05, 4.69) is 10.6 Å². The number of likely N-dealkylation sites (N-methyl/N-ethyl adjacent to an activating group) is 1. The van der Waals surface area contributed by atoms with Crippen LogP contribution in [0.4, 0.5) is 11.4 Å². The summed E-state index contributed by atoms with van der Waals surface area (Å²) in [6, 6.07) is 11.1. The maximum Gasteiger partial charge on any atom is 0.239 e. The van der Waals surface area contributed by atoms with E-state index in [-0.39, 0.29) is 18.2 Å². The largest absolute Gasteiger partial charge is 0.467 e. The average molecular weight is 351 g/mol. The molecule has 1 aliphatic carbocycles. The Balaban J connectivity index is 1.93. The molecule has 0 saturated carbocycles. The Labute approximate surface area is 151 Å². The monoisotopic (exact) mass is 351 g/mol. The summed E-state index contributed by atoms with van der Waals surface area (Å²) < 4.78 is 5.70. The minimum absolute atomic E-state index is 0.106. The lowest BCUT2D eigenvalue weighted by Crippen LogP contribution is -2.40. The van der Waals surface area contributed by atoms with E-state index in [0.29, 0.717) is 17.8 Å². The molecule has 0 bridgehead atoms. The zero-order chi connectivity index (χ0) is 18.1. The first-order valence-electron chi connectivity index (χ1n) is 8.82. The van der Waals surface area contributed by atoms with Crippen LogP contribution in [0.15, 0.2) is 58.3 Å². The molecule has 6 heteroatoms. The average Bonchev–Trinajstić information content (AvgIpc) is 3.13. The number of furan rings is 1. The zero-order valence-electron chi connectivity index (χ0n) is 14.6. The van der Waals surface area contributed by atoms with Crippen molar-refractivity contribution in [2.75, 3.05) is 23.8 Å². The van der Waals surface area contributed by atoms with E-state index in [9.17, 15) is 9.59 Å². The van der Waals surface area contributed by atoms with Gasteiger partial charge in [0.25, 0.3) is 0 Å². The highest BCUT2D eigenvalue weighted by atomic mass is 16.3. The standard InChI is InChI=1S/C20H21N3O3/c1-21-18(25)12-23-15-8-3-2-6-13(15)22-14-7-4-9-16(24)19(14)20(23)17-10-5-11-26-17/h2-3,5-6,8,10-11,20,22H,4,7,9,12H2,1H3,(H,21,25)/t20-/m1/s1.